The number of ketones is 1. The van der Waals surface area contributed by atoms with Crippen molar-refractivity contribution in [2.45, 2.75) is 26.7 Å². The number of halogens is 1. The van der Waals surface area contributed by atoms with E-state index in [1.807, 2.05) is 24.3 Å². The maximum atomic E-state index is 11.6. The summed E-state index contributed by atoms with van der Waals surface area (Å²) in [6.07, 6.45) is 3.36. The average Bonchev–Trinajstić information content (AvgIpc) is 2.15. The van der Waals surface area contributed by atoms with Crippen molar-refractivity contribution >= 4 is 23.0 Å². The quantitative estimate of drug-likeness (QED) is 0.715. The lowest BCUT2D eigenvalue weighted by Crippen LogP contribution is -2.21. The van der Waals surface area contributed by atoms with E-state index in [9.17, 15) is 4.79 Å². The predicted octanol–water partition coefficient (Wildman–Crippen LogP) is 4.11. The van der Waals surface area contributed by atoms with Crippen molar-refractivity contribution in [3.05, 3.63) is 40.9 Å². The Morgan fingerprint density at radius 3 is 2.31 bits per heavy atom. The predicted molar refractivity (Wildman–Crippen MR) is 67.5 cm³/mol. The van der Waals surface area contributed by atoms with Crippen LogP contribution in [-0.4, -0.2) is 5.78 Å². The molecule has 16 heavy (non-hydrogen) atoms. The van der Waals surface area contributed by atoms with Crippen LogP contribution in [0.4, 0.5) is 0 Å². The van der Waals surface area contributed by atoms with Gasteiger partial charge in [-0.3, -0.25) is 4.79 Å². The number of benzene rings is 1. The van der Waals surface area contributed by atoms with Crippen LogP contribution in [-0.2, 0) is 4.79 Å². The second-order valence-electron chi connectivity index (χ2n) is 5.16. The first-order chi connectivity index (χ1) is 7.46. The molecule has 0 aromatic heterocycles. The van der Waals surface area contributed by atoms with Gasteiger partial charge in [0, 0.05) is 11.4 Å². The molecule has 0 saturated heterocycles. The normalized spacial score (nSPS) is 19.4. The van der Waals surface area contributed by atoms with E-state index in [0.717, 1.165) is 22.6 Å². The Bertz CT molecular complexity index is 440. The summed E-state index contributed by atoms with van der Waals surface area (Å²) in [5.74, 6) is 0.223. The molecule has 0 bridgehead atoms. The highest BCUT2D eigenvalue weighted by Crippen LogP contribution is 2.38. The summed E-state index contributed by atoms with van der Waals surface area (Å²) >= 11 is 5.85. The molecule has 0 spiro atoms. The zero-order valence-electron chi connectivity index (χ0n) is 9.59. The molecule has 2 rings (SSSR count). The zero-order valence-corrected chi connectivity index (χ0v) is 10.3. The van der Waals surface area contributed by atoms with Gasteiger partial charge in [0.15, 0.2) is 5.78 Å². The molecule has 0 atom stereocenters. The van der Waals surface area contributed by atoms with Gasteiger partial charge in [-0.15, -0.1) is 0 Å². The lowest BCUT2D eigenvalue weighted by molar-refractivity contribution is -0.116. The molecule has 0 heterocycles. The molecule has 0 unspecified atom stereocenters. The smallest absolute Gasteiger partial charge is 0.156 e. The minimum Gasteiger partial charge on any atom is -0.295 e. The first kappa shape index (κ1) is 11.4. The molecule has 1 aliphatic carbocycles. The maximum absolute atomic E-state index is 11.6. The van der Waals surface area contributed by atoms with Crippen molar-refractivity contribution in [1.29, 1.82) is 0 Å². The van der Waals surface area contributed by atoms with Crippen LogP contribution in [0.5, 0.6) is 0 Å². The molecular formula is C14H15ClO. The van der Waals surface area contributed by atoms with Gasteiger partial charge in [-0.1, -0.05) is 37.6 Å². The third kappa shape index (κ3) is 2.53. The van der Waals surface area contributed by atoms with E-state index < -0.39 is 0 Å². The van der Waals surface area contributed by atoms with E-state index in [1.165, 1.54) is 0 Å². The SMILES string of the molecule is CC1(C)CC(=O)C=C(c2ccc(Cl)cc2)C1. The van der Waals surface area contributed by atoms with Crippen molar-refractivity contribution in [3.8, 4) is 0 Å². The molecule has 0 amide bonds. The Hall–Kier alpha value is -1.08. The lowest BCUT2D eigenvalue weighted by Gasteiger charge is -2.28. The van der Waals surface area contributed by atoms with Crippen molar-refractivity contribution in [3.63, 3.8) is 0 Å². The maximum Gasteiger partial charge on any atom is 0.156 e. The Balaban J connectivity index is 2.34. The first-order valence-electron chi connectivity index (χ1n) is 5.46. The van der Waals surface area contributed by atoms with Crippen LogP contribution in [0.15, 0.2) is 30.3 Å². The highest BCUT2D eigenvalue weighted by atomic mass is 35.5. The number of carbonyl (C=O) groups is 1. The van der Waals surface area contributed by atoms with Crippen molar-refractivity contribution < 1.29 is 4.79 Å². The van der Waals surface area contributed by atoms with Gasteiger partial charge in [0.25, 0.3) is 0 Å². The summed E-state index contributed by atoms with van der Waals surface area (Å²) in [5, 5.41) is 0.728. The fourth-order valence-electron chi connectivity index (χ4n) is 2.20. The van der Waals surface area contributed by atoms with Crippen molar-refractivity contribution in [2.75, 3.05) is 0 Å². The molecule has 0 N–H and O–H groups in total. The van der Waals surface area contributed by atoms with Crippen LogP contribution in [0.2, 0.25) is 5.02 Å². The molecular weight excluding hydrogens is 220 g/mol. The topological polar surface area (TPSA) is 17.1 Å². The Kier molecular flexibility index (Phi) is 2.90. The standard InChI is InChI=1S/C14H15ClO/c1-14(2)8-11(7-13(16)9-14)10-3-5-12(15)6-4-10/h3-7H,8-9H2,1-2H3. The van der Waals surface area contributed by atoms with E-state index in [-0.39, 0.29) is 11.2 Å². The van der Waals surface area contributed by atoms with Gasteiger partial charge in [0.2, 0.25) is 0 Å². The summed E-state index contributed by atoms with van der Waals surface area (Å²) < 4.78 is 0. The lowest BCUT2D eigenvalue weighted by atomic mass is 9.75. The summed E-state index contributed by atoms with van der Waals surface area (Å²) in [5.41, 5.74) is 2.30. The van der Waals surface area contributed by atoms with Gasteiger partial charge in [0.05, 0.1) is 0 Å². The second kappa shape index (κ2) is 4.06. The zero-order chi connectivity index (χ0) is 11.8. The van der Waals surface area contributed by atoms with E-state index in [0.29, 0.717) is 6.42 Å². The molecule has 84 valence electrons. The molecule has 1 aromatic carbocycles. The number of hydrogen-bond donors (Lipinski definition) is 0. The van der Waals surface area contributed by atoms with Crippen LogP contribution >= 0.6 is 11.6 Å². The minimum absolute atomic E-state index is 0.0702. The van der Waals surface area contributed by atoms with Gasteiger partial charge in [-0.2, -0.15) is 0 Å². The highest BCUT2D eigenvalue weighted by Gasteiger charge is 2.27. The molecule has 0 aliphatic heterocycles. The van der Waals surface area contributed by atoms with Crippen LogP contribution in [0, 0.1) is 5.41 Å². The van der Waals surface area contributed by atoms with Crippen LogP contribution in [0.25, 0.3) is 5.57 Å². The minimum atomic E-state index is 0.0702. The molecule has 1 nitrogen and oxygen atoms in total. The number of hydrogen-bond acceptors (Lipinski definition) is 1. The summed E-state index contributed by atoms with van der Waals surface area (Å²) in [4.78, 5) is 11.6. The fraction of sp³-hybridized carbons (Fsp3) is 0.357. The Labute approximate surface area is 101 Å². The molecule has 0 saturated carbocycles. The second-order valence-corrected chi connectivity index (χ2v) is 5.60. The molecule has 0 radical (unpaired) electrons. The van der Waals surface area contributed by atoms with Gasteiger partial charge < -0.3 is 0 Å². The van der Waals surface area contributed by atoms with Crippen LogP contribution in [0.3, 0.4) is 0 Å². The molecule has 1 aliphatic rings. The Morgan fingerprint density at radius 2 is 1.75 bits per heavy atom. The van der Waals surface area contributed by atoms with E-state index in [1.54, 1.807) is 6.08 Å². The van der Waals surface area contributed by atoms with Crippen LogP contribution < -0.4 is 0 Å². The van der Waals surface area contributed by atoms with E-state index in [2.05, 4.69) is 13.8 Å². The van der Waals surface area contributed by atoms with Crippen LogP contribution in [0.1, 0.15) is 32.3 Å². The number of allylic oxidation sites excluding steroid dienone is 2. The van der Waals surface area contributed by atoms with Gasteiger partial charge in [-0.25, -0.2) is 0 Å². The molecule has 1 aromatic rings. The van der Waals surface area contributed by atoms with Gasteiger partial charge >= 0.3 is 0 Å². The number of rotatable bonds is 1. The number of carbonyl (C=O) groups excluding carboxylic acids is 1. The average molecular weight is 235 g/mol. The third-order valence-corrected chi connectivity index (χ3v) is 3.12. The fourth-order valence-corrected chi connectivity index (χ4v) is 2.32. The highest BCUT2D eigenvalue weighted by molar-refractivity contribution is 6.30. The molecule has 0 fully saturated rings. The summed E-state index contributed by atoms with van der Waals surface area (Å²) in [7, 11) is 0. The molecule has 2 heteroatoms. The van der Waals surface area contributed by atoms with E-state index >= 15 is 0 Å². The van der Waals surface area contributed by atoms with Crippen molar-refractivity contribution in [1.82, 2.24) is 0 Å². The van der Waals surface area contributed by atoms with Crippen molar-refractivity contribution in [2.24, 2.45) is 5.41 Å². The first-order valence-corrected chi connectivity index (χ1v) is 5.83. The summed E-state index contributed by atoms with van der Waals surface area (Å²) in [6.45, 7) is 4.27. The summed E-state index contributed by atoms with van der Waals surface area (Å²) in [6, 6.07) is 7.68. The Morgan fingerprint density at radius 1 is 1.12 bits per heavy atom. The largest absolute Gasteiger partial charge is 0.295 e. The van der Waals surface area contributed by atoms with Gasteiger partial charge in [0.1, 0.15) is 0 Å². The monoisotopic (exact) mass is 234 g/mol. The van der Waals surface area contributed by atoms with Gasteiger partial charge in [-0.05, 0) is 41.2 Å². The third-order valence-electron chi connectivity index (χ3n) is 2.87. The van der Waals surface area contributed by atoms with E-state index in [4.69, 9.17) is 11.6 Å².